The van der Waals surface area contributed by atoms with Crippen LogP contribution >= 0.6 is 0 Å². The standard InChI is InChI=1S/C30H31FN6O/c1-4-27(29-33-34-35-37(29)18-23-10-12-26(31)13-11-23)36(17-22-8-6-5-7-9-22)19-25-16-24-15-20(2)14-21(3)28(24)32-30(25)38/h5-16,27H,4,17-19H2,1-3H3,(H,32,38). The number of aromatic amines is 1. The van der Waals surface area contributed by atoms with Crippen LogP contribution in [0.5, 0.6) is 0 Å². The number of aryl methyl sites for hydroxylation is 2. The Kier molecular flexibility index (Phi) is 7.42. The predicted molar refractivity (Wildman–Crippen MR) is 146 cm³/mol. The van der Waals surface area contributed by atoms with Gasteiger partial charge in [0.05, 0.1) is 18.1 Å². The minimum Gasteiger partial charge on any atom is -0.321 e. The molecule has 2 aromatic heterocycles. The first kappa shape index (κ1) is 25.5. The average molecular weight is 511 g/mol. The van der Waals surface area contributed by atoms with Gasteiger partial charge in [0.2, 0.25) is 0 Å². The summed E-state index contributed by atoms with van der Waals surface area (Å²) in [7, 11) is 0. The Bertz CT molecular complexity index is 1590. The van der Waals surface area contributed by atoms with E-state index in [0.29, 0.717) is 31.0 Å². The van der Waals surface area contributed by atoms with Crippen molar-refractivity contribution in [2.75, 3.05) is 0 Å². The van der Waals surface area contributed by atoms with Gasteiger partial charge in [-0.15, -0.1) is 5.10 Å². The van der Waals surface area contributed by atoms with Crippen LogP contribution < -0.4 is 5.56 Å². The number of rotatable bonds is 9. The molecule has 0 spiro atoms. The van der Waals surface area contributed by atoms with E-state index in [0.717, 1.165) is 39.6 Å². The van der Waals surface area contributed by atoms with E-state index in [1.165, 1.54) is 12.1 Å². The van der Waals surface area contributed by atoms with Crippen LogP contribution in [0.4, 0.5) is 4.39 Å². The number of fused-ring (bicyclic) bond motifs is 1. The van der Waals surface area contributed by atoms with Crippen LogP contribution in [-0.2, 0) is 19.6 Å². The van der Waals surface area contributed by atoms with Crippen LogP contribution in [0.25, 0.3) is 10.9 Å². The molecule has 2 heterocycles. The number of halogens is 1. The quantitative estimate of drug-likeness (QED) is 0.284. The highest BCUT2D eigenvalue weighted by molar-refractivity contribution is 5.82. The number of hydrogen-bond acceptors (Lipinski definition) is 5. The average Bonchev–Trinajstić information content (AvgIpc) is 3.35. The maximum Gasteiger partial charge on any atom is 0.252 e. The molecule has 1 N–H and O–H groups in total. The number of H-pyrrole nitrogens is 1. The molecule has 0 bridgehead atoms. The predicted octanol–water partition coefficient (Wildman–Crippen LogP) is 5.47. The lowest BCUT2D eigenvalue weighted by molar-refractivity contribution is 0.161. The van der Waals surface area contributed by atoms with Gasteiger partial charge in [0.15, 0.2) is 5.82 Å². The summed E-state index contributed by atoms with van der Waals surface area (Å²) in [6.45, 7) is 7.64. The molecule has 7 nitrogen and oxygen atoms in total. The van der Waals surface area contributed by atoms with E-state index in [1.54, 1.807) is 16.8 Å². The van der Waals surface area contributed by atoms with Gasteiger partial charge in [-0.1, -0.05) is 61.0 Å². The van der Waals surface area contributed by atoms with Crippen LogP contribution in [0.3, 0.4) is 0 Å². The fraction of sp³-hybridized carbons (Fsp3) is 0.267. The number of tetrazole rings is 1. The van der Waals surface area contributed by atoms with E-state index < -0.39 is 0 Å². The fourth-order valence-corrected chi connectivity index (χ4v) is 5.09. The molecule has 0 aliphatic rings. The Morgan fingerprint density at radius 2 is 1.74 bits per heavy atom. The van der Waals surface area contributed by atoms with Crippen LogP contribution in [0.1, 0.15) is 53.0 Å². The minimum absolute atomic E-state index is 0.0942. The van der Waals surface area contributed by atoms with Crippen molar-refractivity contribution in [1.82, 2.24) is 30.1 Å². The fourth-order valence-electron chi connectivity index (χ4n) is 5.09. The summed E-state index contributed by atoms with van der Waals surface area (Å²) in [5.41, 5.74) is 5.71. The molecule has 1 unspecified atom stereocenters. The summed E-state index contributed by atoms with van der Waals surface area (Å²) in [4.78, 5) is 18.6. The lowest BCUT2D eigenvalue weighted by Crippen LogP contribution is -2.32. The molecule has 0 amide bonds. The second-order valence-electron chi connectivity index (χ2n) is 9.81. The summed E-state index contributed by atoms with van der Waals surface area (Å²) in [5.74, 6) is 0.425. The van der Waals surface area contributed by atoms with Gasteiger partial charge in [0.1, 0.15) is 5.82 Å². The third-order valence-electron chi connectivity index (χ3n) is 6.90. The van der Waals surface area contributed by atoms with Gasteiger partial charge in [0, 0.05) is 18.7 Å². The number of benzene rings is 3. The van der Waals surface area contributed by atoms with E-state index >= 15 is 0 Å². The van der Waals surface area contributed by atoms with Crippen molar-refractivity contribution >= 4 is 10.9 Å². The Labute approximate surface area is 220 Å². The first-order chi connectivity index (χ1) is 18.4. The zero-order valence-electron chi connectivity index (χ0n) is 21.9. The highest BCUT2D eigenvalue weighted by atomic mass is 19.1. The van der Waals surface area contributed by atoms with Gasteiger partial charge >= 0.3 is 0 Å². The maximum absolute atomic E-state index is 13.4. The van der Waals surface area contributed by atoms with Crippen molar-refractivity contribution in [2.24, 2.45) is 0 Å². The number of nitrogens with zero attached hydrogens (tertiary/aromatic N) is 5. The van der Waals surface area contributed by atoms with E-state index in [1.807, 2.05) is 31.2 Å². The summed E-state index contributed by atoms with van der Waals surface area (Å²) in [6.07, 6.45) is 0.736. The third kappa shape index (κ3) is 5.55. The lowest BCUT2D eigenvalue weighted by atomic mass is 10.0. The Morgan fingerprint density at radius 1 is 0.974 bits per heavy atom. The van der Waals surface area contributed by atoms with E-state index in [9.17, 15) is 9.18 Å². The Hall–Kier alpha value is -4.17. The van der Waals surface area contributed by atoms with Crippen molar-refractivity contribution in [3.05, 3.63) is 123 Å². The van der Waals surface area contributed by atoms with Crippen molar-refractivity contribution < 1.29 is 4.39 Å². The van der Waals surface area contributed by atoms with Crippen molar-refractivity contribution in [1.29, 1.82) is 0 Å². The van der Waals surface area contributed by atoms with Gasteiger partial charge in [-0.2, -0.15) is 0 Å². The number of aromatic nitrogens is 5. The first-order valence-electron chi connectivity index (χ1n) is 12.8. The topological polar surface area (TPSA) is 79.7 Å². The summed E-state index contributed by atoms with van der Waals surface area (Å²) >= 11 is 0. The maximum atomic E-state index is 13.4. The van der Waals surface area contributed by atoms with E-state index in [-0.39, 0.29) is 17.4 Å². The largest absolute Gasteiger partial charge is 0.321 e. The molecule has 194 valence electrons. The van der Waals surface area contributed by atoms with Crippen molar-refractivity contribution in [3.63, 3.8) is 0 Å². The molecule has 0 aliphatic heterocycles. The lowest BCUT2D eigenvalue weighted by Gasteiger charge is -2.30. The zero-order valence-corrected chi connectivity index (χ0v) is 21.9. The second kappa shape index (κ2) is 11.1. The first-order valence-corrected chi connectivity index (χ1v) is 12.8. The van der Waals surface area contributed by atoms with Crippen LogP contribution in [0.2, 0.25) is 0 Å². The molecule has 0 fully saturated rings. The Balaban J connectivity index is 1.52. The SMILES string of the molecule is CCC(c1nnnn1Cc1ccc(F)cc1)N(Cc1ccccc1)Cc1cc2cc(C)cc(C)c2[nH]c1=O. The highest BCUT2D eigenvalue weighted by Gasteiger charge is 2.26. The third-order valence-corrected chi connectivity index (χ3v) is 6.90. The molecule has 8 heteroatoms. The minimum atomic E-state index is -0.280. The number of pyridine rings is 1. The zero-order chi connectivity index (χ0) is 26.6. The molecule has 0 radical (unpaired) electrons. The molecule has 3 aromatic carbocycles. The summed E-state index contributed by atoms with van der Waals surface area (Å²) < 4.78 is 15.2. The summed E-state index contributed by atoms with van der Waals surface area (Å²) in [5, 5.41) is 13.6. The Morgan fingerprint density at radius 3 is 2.47 bits per heavy atom. The normalized spacial score (nSPS) is 12.3. The molecule has 38 heavy (non-hydrogen) atoms. The van der Waals surface area contributed by atoms with Crippen molar-refractivity contribution in [2.45, 2.75) is 52.9 Å². The molecule has 5 rings (SSSR count). The van der Waals surface area contributed by atoms with E-state index in [2.05, 4.69) is 63.5 Å². The molecule has 5 aromatic rings. The summed E-state index contributed by atoms with van der Waals surface area (Å²) in [6, 6.07) is 22.6. The smallest absolute Gasteiger partial charge is 0.252 e. The van der Waals surface area contributed by atoms with Crippen molar-refractivity contribution in [3.8, 4) is 0 Å². The van der Waals surface area contributed by atoms with Gasteiger partial charge in [-0.3, -0.25) is 9.69 Å². The number of hydrogen-bond donors (Lipinski definition) is 1. The molecule has 1 atom stereocenters. The monoisotopic (exact) mass is 510 g/mol. The van der Waals surface area contributed by atoms with Crippen LogP contribution in [0, 0.1) is 19.7 Å². The van der Waals surface area contributed by atoms with Gasteiger partial charge < -0.3 is 4.98 Å². The van der Waals surface area contributed by atoms with Crippen LogP contribution in [-0.4, -0.2) is 30.1 Å². The number of nitrogens with one attached hydrogen (secondary N) is 1. The molecular weight excluding hydrogens is 479 g/mol. The van der Waals surface area contributed by atoms with Gasteiger partial charge in [-0.25, -0.2) is 9.07 Å². The van der Waals surface area contributed by atoms with Gasteiger partial charge in [-0.05, 0) is 77.0 Å². The molecule has 0 aliphatic carbocycles. The molecule has 0 saturated carbocycles. The van der Waals surface area contributed by atoms with Gasteiger partial charge in [0.25, 0.3) is 5.56 Å². The second-order valence-corrected chi connectivity index (χ2v) is 9.81. The van der Waals surface area contributed by atoms with Crippen LogP contribution in [0.15, 0.2) is 77.6 Å². The molecule has 0 saturated heterocycles. The van der Waals surface area contributed by atoms with E-state index in [4.69, 9.17) is 0 Å². The molecular formula is C30H31FN6O. The highest BCUT2D eigenvalue weighted by Crippen LogP contribution is 2.27.